The molecule has 0 saturated carbocycles. The van der Waals surface area contributed by atoms with Crippen LogP contribution in [0, 0.1) is 0 Å². The molecular formula is C16H15N3O3S2. The summed E-state index contributed by atoms with van der Waals surface area (Å²) in [6.45, 7) is 0. The molecular weight excluding hydrogens is 346 g/mol. The van der Waals surface area contributed by atoms with Gasteiger partial charge in [-0.15, -0.1) is 11.3 Å². The minimum atomic E-state index is -0.144. The van der Waals surface area contributed by atoms with E-state index in [4.69, 9.17) is 9.47 Å². The predicted molar refractivity (Wildman–Crippen MR) is 96.3 cm³/mol. The zero-order valence-electron chi connectivity index (χ0n) is 13.1. The number of aromatic nitrogens is 2. The van der Waals surface area contributed by atoms with Crippen LogP contribution in [0.15, 0.2) is 41.0 Å². The molecule has 0 spiro atoms. The summed E-state index contributed by atoms with van der Waals surface area (Å²) in [4.78, 5) is 20.7. The van der Waals surface area contributed by atoms with Gasteiger partial charge in [0.2, 0.25) is 5.91 Å². The molecule has 0 unspecified atom stereocenters. The van der Waals surface area contributed by atoms with Crippen LogP contribution < -0.4 is 14.8 Å². The Bertz CT molecular complexity index is 867. The number of carbonyl (C=O) groups excluding carboxylic acids is 1. The Morgan fingerprint density at radius 1 is 1.25 bits per heavy atom. The molecule has 0 saturated heterocycles. The number of hydrogen-bond donors (Lipinski definition) is 1. The number of amides is 1. The normalized spacial score (nSPS) is 10.6. The lowest BCUT2D eigenvalue weighted by atomic mass is 10.2. The van der Waals surface area contributed by atoms with Crippen LogP contribution in [0.3, 0.4) is 0 Å². The Balaban J connectivity index is 1.69. The molecule has 3 aromatic rings. The van der Waals surface area contributed by atoms with Crippen molar-refractivity contribution in [3.63, 3.8) is 0 Å². The van der Waals surface area contributed by atoms with E-state index in [1.165, 1.54) is 18.1 Å². The monoisotopic (exact) mass is 361 g/mol. The minimum Gasteiger partial charge on any atom is -0.497 e. The van der Waals surface area contributed by atoms with Crippen LogP contribution in [0.2, 0.25) is 0 Å². The van der Waals surface area contributed by atoms with Crippen LogP contribution >= 0.6 is 23.1 Å². The zero-order chi connectivity index (χ0) is 16.9. The average molecular weight is 361 g/mol. The number of rotatable bonds is 6. The summed E-state index contributed by atoms with van der Waals surface area (Å²) in [5.41, 5.74) is 1.47. The van der Waals surface area contributed by atoms with Gasteiger partial charge in [0.1, 0.15) is 22.9 Å². The maximum atomic E-state index is 12.3. The molecule has 124 valence electrons. The molecule has 0 aliphatic carbocycles. The van der Waals surface area contributed by atoms with Crippen molar-refractivity contribution in [3.8, 4) is 11.5 Å². The molecule has 0 atom stereocenters. The molecule has 0 aliphatic heterocycles. The van der Waals surface area contributed by atoms with E-state index in [9.17, 15) is 4.79 Å². The maximum Gasteiger partial charge on any atom is 0.234 e. The van der Waals surface area contributed by atoms with E-state index in [0.717, 1.165) is 15.2 Å². The van der Waals surface area contributed by atoms with E-state index in [2.05, 4.69) is 15.3 Å². The fourth-order valence-electron chi connectivity index (χ4n) is 2.10. The number of methoxy groups -OCH3 is 2. The Morgan fingerprint density at radius 2 is 2.12 bits per heavy atom. The van der Waals surface area contributed by atoms with Gasteiger partial charge < -0.3 is 14.8 Å². The second-order valence-corrected chi connectivity index (χ2v) is 6.60. The van der Waals surface area contributed by atoms with Crippen molar-refractivity contribution in [1.82, 2.24) is 9.97 Å². The van der Waals surface area contributed by atoms with Crippen molar-refractivity contribution < 1.29 is 14.3 Å². The Hall–Kier alpha value is -2.32. The van der Waals surface area contributed by atoms with Crippen LogP contribution in [0.25, 0.3) is 10.2 Å². The van der Waals surface area contributed by atoms with Gasteiger partial charge in [0.05, 0.1) is 35.9 Å². The molecule has 2 aromatic heterocycles. The first-order valence-electron chi connectivity index (χ1n) is 7.04. The smallest absolute Gasteiger partial charge is 0.234 e. The summed E-state index contributed by atoms with van der Waals surface area (Å²) < 4.78 is 11.4. The van der Waals surface area contributed by atoms with Crippen LogP contribution in [0.5, 0.6) is 11.5 Å². The van der Waals surface area contributed by atoms with Crippen molar-refractivity contribution in [2.24, 2.45) is 0 Å². The second-order valence-electron chi connectivity index (χ2n) is 4.72. The third-order valence-corrected chi connectivity index (χ3v) is 5.26. The highest BCUT2D eigenvalue weighted by Crippen LogP contribution is 2.31. The lowest BCUT2D eigenvalue weighted by Gasteiger charge is -2.11. The van der Waals surface area contributed by atoms with Crippen molar-refractivity contribution in [3.05, 3.63) is 36.0 Å². The van der Waals surface area contributed by atoms with Gasteiger partial charge in [0.15, 0.2) is 0 Å². The number of nitrogens with one attached hydrogen (secondary N) is 1. The topological polar surface area (TPSA) is 73.3 Å². The lowest BCUT2D eigenvalue weighted by Crippen LogP contribution is -2.15. The summed E-state index contributed by atoms with van der Waals surface area (Å²) in [6.07, 6.45) is 1.51. The molecule has 0 radical (unpaired) electrons. The molecule has 24 heavy (non-hydrogen) atoms. The van der Waals surface area contributed by atoms with Crippen molar-refractivity contribution in [2.75, 3.05) is 25.3 Å². The van der Waals surface area contributed by atoms with E-state index < -0.39 is 0 Å². The SMILES string of the molecule is COc1ccc(OC)c(NC(=O)CSc2ncnc3ccsc23)c1. The van der Waals surface area contributed by atoms with Crippen LogP contribution in [0.1, 0.15) is 0 Å². The quantitative estimate of drug-likeness (QED) is 0.536. The van der Waals surface area contributed by atoms with E-state index in [0.29, 0.717) is 17.2 Å². The molecule has 6 nitrogen and oxygen atoms in total. The molecule has 0 fully saturated rings. The maximum absolute atomic E-state index is 12.3. The molecule has 0 aliphatic rings. The van der Waals surface area contributed by atoms with E-state index in [-0.39, 0.29) is 11.7 Å². The fourth-order valence-corrected chi connectivity index (χ4v) is 3.85. The first kappa shape index (κ1) is 16.5. The van der Waals surface area contributed by atoms with Gasteiger partial charge in [0, 0.05) is 6.07 Å². The van der Waals surface area contributed by atoms with Crippen molar-refractivity contribution in [2.45, 2.75) is 5.03 Å². The highest BCUT2D eigenvalue weighted by molar-refractivity contribution is 8.00. The largest absolute Gasteiger partial charge is 0.497 e. The number of hydrogen-bond acceptors (Lipinski definition) is 7. The van der Waals surface area contributed by atoms with Crippen LogP contribution in [-0.2, 0) is 4.79 Å². The average Bonchev–Trinajstić information content (AvgIpc) is 3.09. The van der Waals surface area contributed by atoms with E-state index in [1.807, 2.05) is 11.4 Å². The number of nitrogens with zero attached hydrogens (tertiary/aromatic N) is 2. The standard InChI is InChI=1S/C16H15N3O3S2/c1-21-10-3-4-13(22-2)12(7-10)19-14(20)8-24-16-15-11(5-6-23-15)17-9-18-16/h3-7,9H,8H2,1-2H3,(H,19,20). The number of ether oxygens (including phenoxy) is 2. The molecule has 1 amide bonds. The highest BCUT2D eigenvalue weighted by Gasteiger charge is 2.12. The summed E-state index contributed by atoms with van der Waals surface area (Å²) in [7, 11) is 3.13. The van der Waals surface area contributed by atoms with Gasteiger partial charge in [0.25, 0.3) is 0 Å². The first-order valence-corrected chi connectivity index (χ1v) is 8.90. The van der Waals surface area contributed by atoms with Gasteiger partial charge in [-0.1, -0.05) is 11.8 Å². The van der Waals surface area contributed by atoms with Gasteiger partial charge in [-0.05, 0) is 23.6 Å². The summed E-state index contributed by atoms with van der Waals surface area (Å²) in [5, 5.41) is 5.61. The molecule has 3 rings (SSSR count). The molecule has 8 heteroatoms. The molecule has 1 N–H and O–H groups in total. The van der Waals surface area contributed by atoms with Gasteiger partial charge in [-0.3, -0.25) is 4.79 Å². The Labute approximate surface area is 147 Å². The predicted octanol–water partition coefficient (Wildman–Crippen LogP) is 3.44. The molecule has 1 aromatic carbocycles. The van der Waals surface area contributed by atoms with Crippen molar-refractivity contribution in [1.29, 1.82) is 0 Å². The Kier molecular flexibility index (Phi) is 5.17. The lowest BCUT2D eigenvalue weighted by molar-refractivity contribution is -0.113. The number of anilines is 1. The second kappa shape index (κ2) is 7.50. The number of fused-ring (bicyclic) bond motifs is 1. The summed E-state index contributed by atoms with van der Waals surface area (Å²) >= 11 is 2.95. The van der Waals surface area contributed by atoms with Gasteiger partial charge in [-0.25, -0.2) is 9.97 Å². The van der Waals surface area contributed by atoms with Crippen molar-refractivity contribution >= 4 is 44.9 Å². The number of carbonyl (C=O) groups is 1. The number of thioether (sulfide) groups is 1. The van der Waals surface area contributed by atoms with Crippen LogP contribution in [-0.4, -0.2) is 35.8 Å². The Morgan fingerprint density at radius 3 is 2.92 bits per heavy atom. The third kappa shape index (κ3) is 3.60. The highest BCUT2D eigenvalue weighted by atomic mass is 32.2. The third-order valence-electron chi connectivity index (χ3n) is 3.23. The zero-order valence-corrected chi connectivity index (χ0v) is 14.7. The van der Waals surface area contributed by atoms with E-state index >= 15 is 0 Å². The number of thiophene rings is 1. The summed E-state index contributed by atoms with van der Waals surface area (Å²) in [5.74, 6) is 1.33. The molecule has 2 heterocycles. The summed E-state index contributed by atoms with van der Waals surface area (Å²) in [6, 6.07) is 7.19. The van der Waals surface area contributed by atoms with E-state index in [1.54, 1.807) is 43.8 Å². The fraction of sp³-hybridized carbons (Fsp3) is 0.188. The van der Waals surface area contributed by atoms with Gasteiger partial charge >= 0.3 is 0 Å². The molecule has 0 bridgehead atoms. The van der Waals surface area contributed by atoms with Gasteiger partial charge in [-0.2, -0.15) is 0 Å². The first-order chi connectivity index (χ1) is 11.7. The van der Waals surface area contributed by atoms with Crippen LogP contribution in [0.4, 0.5) is 5.69 Å². The number of benzene rings is 1. The minimum absolute atomic E-state index is 0.144.